The van der Waals surface area contributed by atoms with E-state index in [1.54, 1.807) is 36.2 Å². The van der Waals surface area contributed by atoms with E-state index in [-0.39, 0.29) is 23.0 Å². The van der Waals surface area contributed by atoms with Crippen LogP contribution in [0.15, 0.2) is 29.2 Å². The van der Waals surface area contributed by atoms with Gasteiger partial charge in [-0.2, -0.15) is 0 Å². The zero-order chi connectivity index (χ0) is 15.3. The van der Waals surface area contributed by atoms with Crippen molar-refractivity contribution in [2.24, 2.45) is 5.92 Å². The third-order valence-electron chi connectivity index (χ3n) is 3.03. The van der Waals surface area contributed by atoms with Gasteiger partial charge in [-0.05, 0) is 25.0 Å². The third kappa shape index (κ3) is 4.96. The van der Waals surface area contributed by atoms with Gasteiger partial charge >= 0.3 is 0 Å². The van der Waals surface area contributed by atoms with Gasteiger partial charge < -0.3 is 4.90 Å². The second-order valence-corrected chi connectivity index (χ2v) is 7.66. The van der Waals surface area contributed by atoms with Crippen molar-refractivity contribution in [2.45, 2.75) is 32.1 Å². The zero-order valence-corrected chi connectivity index (χ0v) is 13.4. The number of hydrogen-bond donors (Lipinski definition) is 0. The summed E-state index contributed by atoms with van der Waals surface area (Å²) in [6, 6.07) is 6.71. The van der Waals surface area contributed by atoms with Crippen molar-refractivity contribution in [2.75, 3.05) is 19.3 Å². The van der Waals surface area contributed by atoms with Gasteiger partial charge in [0.2, 0.25) is 5.91 Å². The molecule has 1 rings (SSSR count). The van der Waals surface area contributed by atoms with Crippen LogP contribution in [0.4, 0.5) is 0 Å². The van der Waals surface area contributed by atoms with Crippen LogP contribution in [0.2, 0.25) is 0 Å². The number of benzene rings is 1. The Morgan fingerprint density at radius 1 is 1.20 bits per heavy atom. The summed E-state index contributed by atoms with van der Waals surface area (Å²) in [6.45, 7) is 6.59. The maximum atomic E-state index is 12.1. The van der Waals surface area contributed by atoms with E-state index in [2.05, 4.69) is 0 Å². The number of sulfone groups is 1. The normalized spacial score (nSPS) is 11.7. The van der Waals surface area contributed by atoms with E-state index in [0.717, 1.165) is 5.56 Å². The van der Waals surface area contributed by atoms with Gasteiger partial charge in [0.05, 0.1) is 10.6 Å². The van der Waals surface area contributed by atoms with Gasteiger partial charge in [0.1, 0.15) is 0 Å². The molecule has 0 N–H and O–H groups in total. The van der Waals surface area contributed by atoms with Crippen molar-refractivity contribution in [1.29, 1.82) is 0 Å². The maximum absolute atomic E-state index is 12.1. The first-order chi connectivity index (χ1) is 9.22. The second-order valence-electron chi connectivity index (χ2n) is 5.55. The minimum atomic E-state index is -3.38. The predicted octanol–water partition coefficient (Wildman–Crippen LogP) is 2.27. The number of aryl methyl sites for hydroxylation is 1. The number of amides is 1. The number of hydrogen-bond acceptors (Lipinski definition) is 3. The lowest BCUT2D eigenvalue weighted by molar-refractivity contribution is -0.129. The molecule has 1 aromatic rings. The van der Waals surface area contributed by atoms with E-state index in [0.29, 0.717) is 12.5 Å². The maximum Gasteiger partial charge on any atom is 0.223 e. The monoisotopic (exact) mass is 297 g/mol. The lowest BCUT2D eigenvalue weighted by atomic mass is 10.2. The first-order valence-electron chi connectivity index (χ1n) is 6.76. The molecule has 5 heteroatoms. The largest absolute Gasteiger partial charge is 0.345 e. The van der Waals surface area contributed by atoms with Crippen molar-refractivity contribution in [3.8, 4) is 0 Å². The van der Waals surface area contributed by atoms with E-state index >= 15 is 0 Å². The molecule has 0 aromatic heterocycles. The van der Waals surface area contributed by atoms with Crippen LogP contribution in [-0.4, -0.2) is 38.6 Å². The molecule has 20 heavy (non-hydrogen) atoms. The number of carbonyl (C=O) groups is 1. The van der Waals surface area contributed by atoms with Gasteiger partial charge in [0.25, 0.3) is 0 Å². The Morgan fingerprint density at radius 3 is 2.25 bits per heavy atom. The molecule has 0 heterocycles. The Morgan fingerprint density at radius 2 is 1.75 bits per heavy atom. The van der Waals surface area contributed by atoms with Crippen LogP contribution >= 0.6 is 0 Å². The highest BCUT2D eigenvalue weighted by atomic mass is 32.2. The molecule has 0 unspecified atom stereocenters. The van der Waals surface area contributed by atoms with E-state index < -0.39 is 9.84 Å². The first kappa shape index (κ1) is 16.7. The molecular formula is C15H23NO3S. The summed E-state index contributed by atoms with van der Waals surface area (Å²) in [6.07, 6.45) is 0.0272. The minimum absolute atomic E-state index is 0.0272. The topological polar surface area (TPSA) is 54.5 Å². The van der Waals surface area contributed by atoms with Gasteiger partial charge in [-0.3, -0.25) is 4.79 Å². The summed E-state index contributed by atoms with van der Waals surface area (Å²) >= 11 is 0. The van der Waals surface area contributed by atoms with E-state index in [1.807, 2.05) is 20.8 Å². The van der Waals surface area contributed by atoms with Crippen LogP contribution in [0.5, 0.6) is 0 Å². The summed E-state index contributed by atoms with van der Waals surface area (Å²) in [5.74, 6) is 0.101. The molecule has 0 aliphatic carbocycles. The van der Waals surface area contributed by atoms with Gasteiger partial charge in [0.15, 0.2) is 9.84 Å². The van der Waals surface area contributed by atoms with E-state index in [1.165, 1.54) is 0 Å². The molecule has 1 aromatic carbocycles. The molecule has 0 fully saturated rings. The fraction of sp³-hybridized carbons (Fsp3) is 0.533. The summed E-state index contributed by atoms with van der Waals surface area (Å²) in [4.78, 5) is 13.7. The highest BCUT2D eigenvalue weighted by Gasteiger charge is 2.18. The van der Waals surface area contributed by atoms with Crippen LogP contribution in [0, 0.1) is 12.8 Å². The molecule has 0 saturated heterocycles. The number of nitrogens with zero attached hydrogens (tertiary/aromatic N) is 1. The average molecular weight is 297 g/mol. The summed E-state index contributed by atoms with van der Waals surface area (Å²) < 4.78 is 24.2. The second kappa shape index (κ2) is 6.88. The predicted molar refractivity (Wildman–Crippen MR) is 80.3 cm³/mol. The Bertz CT molecular complexity index is 547. The van der Waals surface area contributed by atoms with Gasteiger partial charge in [-0.15, -0.1) is 0 Å². The molecule has 112 valence electrons. The molecule has 0 saturated carbocycles. The Hall–Kier alpha value is -1.36. The number of carbonyl (C=O) groups excluding carboxylic acids is 1. The molecule has 0 bridgehead atoms. The van der Waals surface area contributed by atoms with E-state index in [4.69, 9.17) is 0 Å². The molecular weight excluding hydrogens is 274 g/mol. The first-order valence-corrected chi connectivity index (χ1v) is 8.41. The average Bonchev–Trinajstić information content (AvgIpc) is 2.35. The fourth-order valence-electron chi connectivity index (χ4n) is 1.93. The van der Waals surface area contributed by atoms with Crippen molar-refractivity contribution < 1.29 is 13.2 Å². The smallest absolute Gasteiger partial charge is 0.223 e. The van der Waals surface area contributed by atoms with Crippen molar-refractivity contribution in [3.63, 3.8) is 0 Å². The summed E-state index contributed by atoms with van der Waals surface area (Å²) in [5, 5.41) is 0. The van der Waals surface area contributed by atoms with Crippen LogP contribution in [-0.2, 0) is 14.6 Å². The standard InChI is InChI=1S/C15H23NO3S/c1-12(2)11-16(4)15(17)9-10-20(18,19)14-7-5-13(3)6-8-14/h5-8,12H,9-11H2,1-4H3. The third-order valence-corrected chi connectivity index (χ3v) is 4.76. The van der Waals surface area contributed by atoms with Crippen LogP contribution < -0.4 is 0 Å². The molecule has 0 radical (unpaired) electrons. The van der Waals surface area contributed by atoms with E-state index in [9.17, 15) is 13.2 Å². The highest BCUT2D eigenvalue weighted by Crippen LogP contribution is 2.13. The van der Waals surface area contributed by atoms with Crippen LogP contribution in [0.25, 0.3) is 0 Å². The van der Waals surface area contributed by atoms with Gasteiger partial charge in [0, 0.05) is 20.0 Å². The quantitative estimate of drug-likeness (QED) is 0.809. The molecule has 1 amide bonds. The lowest BCUT2D eigenvalue weighted by Gasteiger charge is -2.19. The lowest BCUT2D eigenvalue weighted by Crippen LogP contribution is -2.31. The Balaban J connectivity index is 2.64. The van der Waals surface area contributed by atoms with Crippen LogP contribution in [0.1, 0.15) is 25.8 Å². The molecule has 0 aliphatic rings. The minimum Gasteiger partial charge on any atom is -0.345 e. The van der Waals surface area contributed by atoms with Crippen molar-refractivity contribution >= 4 is 15.7 Å². The molecule has 4 nitrogen and oxygen atoms in total. The van der Waals surface area contributed by atoms with Crippen molar-refractivity contribution in [3.05, 3.63) is 29.8 Å². The molecule has 0 spiro atoms. The highest BCUT2D eigenvalue weighted by molar-refractivity contribution is 7.91. The SMILES string of the molecule is Cc1ccc(S(=O)(=O)CCC(=O)N(C)CC(C)C)cc1. The zero-order valence-electron chi connectivity index (χ0n) is 12.6. The Kier molecular flexibility index (Phi) is 5.74. The van der Waals surface area contributed by atoms with Gasteiger partial charge in [-0.25, -0.2) is 8.42 Å². The number of rotatable bonds is 6. The molecule has 0 aliphatic heterocycles. The Labute approximate surface area is 121 Å². The van der Waals surface area contributed by atoms with Gasteiger partial charge in [-0.1, -0.05) is 31.5 Å². The fourth-order valence-corrected chi connectivity index (χ4v) is 3.16. The molecule has 0 atom stereocenters. The van der Waals surface area contributed by atoms with Crippen molar-refractivity contribution in [1.82, 2.24) is 4.90 Å². The van der Waals surface area contributed by atoms with Crippen LogP contribution in [0.3, 0.4) is 0 Å². The summed E-state index contributed by atoms with van der Waals surface area (Å²) in [5.41, 5.74) is 1.01. The summed E-state index contributed by atoms with van der Waals surface area (Å²) in [7, 11) is -1.67.